The van der Waals surface area contributed by atoms with E-state index in [1.165, 1.54) is 4.68 Å². The van der Waals surface area contributed by atoms with Crippen molar-refractivity contribution in [3.63, 3.8) is 0 Å². The number of halogens is 2. The van der Waals surface area contributed by atoms with Crippen LogP contribution in [0.5, 0.6) is 0 Å². The number of rotatable bonds is 3. The van der Waals surface area contributed by atoms with Crippen LogP contribution in [-0.2, 0) is 11.3 Å². The van der Waals surface area contributed by atoms with Crippen molar-refractivity contribution in [2.75, 3.05) is 11.1 Å². The normalized spacial score (nSPS) is 10.3. The summed E-state index contributed by atoms with van der Waals surface area (Å²) in [5.41, 5.74) is 5.96. The molecular weight excluding hydrogens is 322 g/mol. The maximum absolute atomic E-state index is 11.8. The molecule has 0 saturated carbocycles. The van der Waals surface area contributed by atoms with E-state index in [0.29, 0.717) is 15.4 Å². The van der Waals surface area contributed by atoms with Gasteiger partial charge in [0, 0.05) is 0 Å². The number of nitrogens with one attached hydrogen (secondary N) is 1. The monoisotopic (exact) mass is 329 g/mol. The van der Waals surface area contributed by atoms with E-state index in [1.54, 1.807) is 24.3 Å². The fraction of sp³-hybridized carbons (Fsp3) is 0.100. The number of nitrogens with zero attached hydrogens (tertiary/aromatic N) is 3. The van der Waals surface area contributed by atoms with Crippen molar-refractivity contribution in [3.8, 4) is 0 Å². The number of benzene rings is 1. The minimum Gasteiger partial charge on any atom is -0.366 e. The predicted molar refractivity (Wildman–Crippen MR) is 72.2 cm³/mol. The Morgan fingerprint density at radius 2 is 2.22 bits per heavy atom. The van der Waals surface area contributed by atoms with Gasteiger partial charge < -0.3 is 11.1 Å². The molecule has 0 unspecified atom stereocenters. The van der Waals surface area contributed by atoms with Crippen molar-refractivity contribution in [2.45, 2.75) is 6.54 Å². The molecule has 0 saturated heterocycles. The van der Waals surface area contributed by atoms with Crippen LogP contribution in [0.4, 0.5) is 11.6 Å². The largest absolute Gasteiger partial charge is 0.366 e. The Morgan fingerprint density at radius 3 is 2.83 bits per heavy atom. The Balaban J connectivity index is 2.06. The molecule has 8 heteroatoms. The third-order valence-electron chi connectivity index (χ3n) is 2.08. The number of aromatic nitrogens is 3. The average molecular weight is 331 g/mol. The number of anilines is 2. The molecule has 0 atom stereocenters. The van der Waals surface area contributed by atoms with Gasteiger partial charge in [-0.2, -0.15) is 4.98 Å². The molecule has 6 nitrogen and oxygen atoms in total. The quantitative estimate of drug-likeness (QED) is 0.900. The number of carbonyl (C=O) groups excluding carboxylic acids is 1. The number of amides is 1. The highest BCUT2D eigenvalue weighted by Crippen LogP contribution is 2.20. The lowest BCUT2D eigenvalue weighted by molar-refractivity contribution is -0.116. The molecule has 18 heavy (non-hydrogen) atoms. The van der Waals surface area contributed by atoms with Gasteiger partial charge in [0.2, 0.25) is 11.9 Å². The van der Waals surface area contributed by atoms with E-state index in [4.69, 9.17) is 17.3 Å². The first-order valence-corrected chi connectivity index (χ1v) is 6.13. The molecule has 1 aromatic carbocycles. The molecular formula is C10H9BrClN5O. The Bertz CT molecular complexity index is 585. The maximum atomic E-state index is 11.8. The molecule has 3 N–H and O–H groups in total. The minimum absolute atomic E-state index is 0.00396. The summed E-state index contributed by atoms with van der Waals surface area (Å²) in [7, 11) is 0. The van der Waals surface area contributed by atoms with E-state index < -0.39 is 0 Å². The number of nitrogens with two attached hydrogens (primary N) is 1. The van der Waals surface area contributed by atoms with E-state index in [1.807, 2.05) is 0 Å². The zero-order chi connectivity index (χ0) is 13.1. The second kappa shape index (κ2) is 5.36. The number of para-hydroxylation sites is 1. The van der Waals surface area contributed by atoms with Crippen LogP contribution in [-0.4, -0.2) is 20.7 Å². The van der Waals surface area contributed by atoms with Gasteiger partial charge in [0.15, 0.2) is 4.73 Å². The van der Waals surface area contributed by atoms with Crippen molar-refractivity contribution in [1.82, 2.24) is 14.8 Å². The maximum Gasteiger partial charge on any atom is 0.246 e. The first-order chi connectivity index (χ1) is 8.56. The van der Waals surface area contributed by atoms with Crippen molar-refractivity contribution in [3.05, 3.63) is 34.0 Å². The Hall–Kier alpha value is -1.60. The average Bonchev–Trinajstić information content (AvgIpc) is 2.61. The highest BCUT2D eigenvalue weighted by molar-refractivity contribution is 9.10. The van der Waals surface area contributed by atoms with Gasteiger partial charge in [0.25, 0.3) is 0 Å². The Kier molecular flexibility index (Phi) is 3.83. The van der Waals surface area contributed by atoms with Crippen molar-refractivity contribution < 1.29 is 4.79 Å². The fourth-order valence-corrected chi connectivity index (χ4v) is 1.90. The van der Waals surface area contributed by atoms with Crippen LogP contribution in [0.3, 0.4) is 0 Å². The van der Waals surface area contributed by atoms with Gasteiger partial charge in [0.05, 0.1) is 10.7 Å². The van der Waals surface area contributed by atoms with Gasteiger partial charge in [-0.3, -0.25) is 4.79 Å². The third kappa shape index (κ3) is 2.99. The Labute approximate surface area is 116 Å². The van der Waals surface area contributed by atoms with Gasteiger partial charge in [-0.25, -0.2) is 4.68 Å². The van der Waals surface area contributed by atoms with E-state index in [-0.39, 0.29) is 18.4 Å². The minimum atomic E-state index is -0.270. The highest BCUT2D eigenvalue weighted by atomic mass is 79.9. The molecule has 94 valence electrons. The molecule has 2 rings (SSSR count). The van der Waals surface area contributed by atoms with Gasteiger partial charge in [-0.15, -0.1) is 5.10 Å². The van der Waals surface area contributed by atoms with E-state index in [2.05, 4.69) is 31.3 Å². The van der Waals surface area contributed by atoms with E-state index in [9.17, 15) is 4.79 Å². The number of carbonyl (C=O) groups is 1. The summed E-state index contributed by atoms with van der Waals surface area (Å²) in [4.78, 5) is 15.6. The first kappa shape index (κ1) is 12.8. The number of hydrogen-bond acceptors (Lipinski definition) is 4. The highest BCUT2D eigenvalue weighted by Gasteiger charge is 2.10. The molecule has 1 aromatic heterocycles. The van der Waals surface area contributed by atoms with Crippen LogP contribution < -0.4 is 11.1 Å². The zero-order valence-electron chi connectivity index (χ0n) is 9.10. The summed E-state index contributed by atoms with van der Waals surface area (Å²) in [5.74, 6) is -0.166. The molecule has 0 aliphatic heterocycles. The van der Waals surface area contributed by atoms with Crippen LogP contribution in [0.2, 0.25) is 5.02 Å². The van der Waals surface area contributed by atoms with Gasteiger partial charge >= 0.3 is 0 Å². The number of hydrogen-bond donors (Lipinski definition) is 2. The van der Waals surface area contributed by atoms with Gasteiger partial charge in [-0.1, -0.05) is 23.7 Å². The van der Waals surface area contributed by atoms with Crippen molar-refractivity contribution in [2.24, 2.45) is 0 Å². The summed E-state index contributed by atoms with van der Waals surface area (Å²) >= 11 is 9.08. The molecule has 0 aliphatic carbocycles. The molecule has 1 heterocycles. The summed E-state index contributed by atoms with van der Waals surface area (Å²) in [6, 6.07) is 6.98. The fourth-order valence-electron chi connectivity index (χ4n) is 1.33. The van der Waals surface area contributed by atoms with Crippen LogP contribution in [0.1, 0.15) is 0 Å². The van der Waals surface area contributed by atoms with Crippen LogP contribution >= 0.6 is 27.5 Å². The van der Waals surface area contributed by atoms with Crippen LogP contribution in [0, 0.1) is 0 Å². The molecule has 1 amide bonds. The second-order valence-electron chi connectivity index (χ2n) is 3.42. The molecule has 0 radical (unpaired) electrons. The van der Waals surface area contributed by atoms with Gasteiger partial charge in [-0.05, 0) is 28.1 Å². The lowest BCUT2D eigenvalue weighted by Crippen LogP contribution is -2.20. The lowest BCUT2D eigenvalue weighted by Gasteiger charge is -2.06. The first-order valence-electron chi connectivity index (χ1n) is 4.96. The molecule has 0 aliphatic rings. The smallest absolute Gasteiger partial charge is 0.246 e. The zero-order valence-corrected chi connectivity index (χ0v) is 11.4. The summed E-state index contributed by atoms with van der Waals surface area (Å²) < 4.78 is 1.75. The van der Waals surface area contributed by atoms with E-state index >= 15 is 0 Å². The van der Waals surface area contributed by atoms with Gasteiger partial charge in [0.1, 0.15) is 6.54 Å². The summed E-state index contributed by atoms with van der Waals surface area (Å²) in [5, 5.41) is 7.01. The summed E-state index contributed by atoms with van der Waals surface area (Å²) in [6.45, 7) is -0.00396. The molecule has 0 bridgehead atoms. The number of nitrogen functional groups attached to an aromatic ring is 1. The molecule has 0 fully saturated rings. The third-order valence-corrected chi connectivity index (χ3v) is 3.00. The van der Waals surface area contributed by atoms with Crippen LogP contribution in [0.15, 0.2) is 29.0 Å². The van der Waals surface area contributed by atoms with Crippen molar-refractivity contribution in [1.29, 1.82) is 0 Å². The summed E-state index contributed by atoms with van der Waals surface area (Å²) in [6.07, 6.45) is 0. The Morgan fingerprint density at radius 1 is 1.50 bits per heavy atom. The SMILES string of the molecule is Nc1nc(Br)n(CC(=O)Nc2ccccc2Cl)n1. The second-order valence-corrected chi connectivity index (χ2v) is 4.54. The van der Waals surface area contributed by atoms with Crippen LogP contribution in [0.25, 0.3) is 0 Å². The van der Waals surface area contributed by atoms with E-state index in [0.717, 1.165) is 0 Å². The van der Waals surface area contributed by atoms with Crippen molar-refractivity contribution >= 4 is 45.1 Å². The topological polar surface area (TPSA) is 85.8 Å². The molecule has 2 aromatic rings. The molecule has 0 spiro atoms. The standard InChI is InChI=1S/C10H9BrClN5O/c11-9-15-10(13)16-17(9)5-8(18)14-7-4-2-1-3-6(7)12/h1-4H,5H2,(H2,13,16)(H,14,18). The predicted octanol–water partition coefficient (Wildman–Crippen LogP) is 1.91. The lowest BCUT2D eigenvalue weighted by atomic mass is 10.3.